The first-order chi connectivity index (χ1) is 8.83. The summed E-state index contributed by atoms with van der Waals surface area (Å²) in [5.41, 5.74) is 8.29. The number of rotatable bonds is 2. The third-order valence-corrected chi connectivity index (χ3v) is 4.82. The topological polar surface area (TPSA) is 29.3 Å². The average molecular weight is 244 g/mol. The second kappa shape index (κ2) is 5.31. The van der Waals surface area contributed by atoms with Gasteiger partial charge in [-0.15, -0.1) is 0 Å². The van der Waals surface area contributed by atoms with Crippen LogP contribution in [0.4, 0.5) is 5.69 Å². The number of benzene rings is 1. The quantitative estimate of drug-likeness (QED) is 0.809. The number of likely N-dealkylation sites (tertiary alicyclic amines) is 1. The highest BCUT2D eigenvalue weighted by Crippen LogP contribution is 2.36. The molecular formula is C16H24N2. The van der Waals surface area contributed by atoms with Crippen LogP contribution in [0, 0.1) is 11.8 Å². The number of anilines is 1. The zero-order chi connectivity index (χ0) is 12.4. The first kappa shape index (κ1) is 12.0. The van der Waals surface area contributed by atoms with Crippen LogP contribution >= 0.6 is 0 Å². The highest BCUT2D eigenvalue weighted by Gasteiger charge is 2.30. The molecule has 2 nitrogen and oxygen atoms in total. The maximum absolute atomic E-state index is 6.04. The minimum Gasteiger partial charge on any atom is -0.398 e. The molecule has 1 heterocycles. The Labute approximate surface area is 110 Å². The van der Waals surface area contributed by atoms with Crippen LogP contribution in [0.15, 0.2) is 24.3 Å². The van der Waals surface area contributed by atoms with Gasteiger partial charge in [-0.25, -0.2) is 0 Å². The van der Waals surface area contributed by atoms with Crippen LogP contribution < -0.4 is 5.73 Å². The van der Waals surface area contributed by atoms with E-state index in [2.05, 4.69) is 17.0 Å². The number of fused-ring (bicyclic) bond motifs is 1. The Hall–Kier alpha value is -1.02. The van der Waals surface area contributed by atoms with E-state index < -0.39 is 0 Å². The second-order valence-corrected chi connectivity index (χ2v) is 6.03. The van der Waals surface area contributed by atoms with Gasteiger partial charge in [0.05, 0.1) is 0 Å². The van der Waals surface area contributed by atoms with Crippen molar-refractivity contribution in [2.75, 3.05) is 18.8 Å². The Balaban J connectivity index is 1.63. The Morgan fingerprint density at radius 2 is 1.83 bits per heavy atom. The summed E-state index contributed by atoms with van der Waals surface area (Å²) in [4.78, 5) is 2.61. The van der Waals surface area contributed by atoms with Crippen LogP contribution in [0.1, 0.15) is 37.7 Å². The summed E-state index contributed by atoms with van der Waals surface area (Å²) >= 11 is 0. The first-order valence-corrected chi connectivity index (χ1v) is 7.38. The van der Waals surface area contributed by atoms with E-state index in [0.29, 0.717) is 0 Å². The summed E-state index contributed by atoms with van der Waals surface area (Å²) in [6, 6.07) is 8.30. The lowest BCUT2D eigenvalue weighted by Crippen LogP contribution is -2.41. The smallest absolute Gasteiger partial charge is 0.0359 e. The minimum absolute atomic E-state index is 0.947. The van der Waals surface area contributed by atoms with E-state index in [0.717, 1.165) is 24.1 Å². The van der Waals surface area contributed by atoms with Crippen molar-refractivity contribution in [2.24, 2.45) is 11.8 Å². The highest BCUT2D eigenvalue weighted by atomic mass is 15.1. The molecule has 1 saturated heterocycles. The summed E-state index contributed by atoms with van der Waals surface area (Å²) in [7, 11) is 0. The SMILES string of the molecule is Nc1ccccc1CN1CCC2CCCCC2C1. The van der Waals surface area contributed by atoms with Crippen molar-refractivity contribution in [1.29, 1.82) is 0 Å². The van der Waals surface area contributed by atoms with Crippen LogP contribution in [-0.2, 0) is 6.54 Å². The van der Waals surface area contributed by atoms with Crippen LogP contribution in [0.25, 0.3) is 0 Å². The monoisotopic (exact) mass is 244 g/mol. The fourth-order valence-electron chi connectivity index (χ4n) is 3.74. The average Bonchev–Trinajstić information content (AvgIpc) is 2.41. The summed E-state index contributed by atoms with van der Waals surface area (Å²) in [5, 5.41) is 0. The van der Waals surface area contributed by atoms with Gasteiger partial charge in [0.2, 0.25) is 0 Å². The van der Waals surface area contributed by atoms with Gasteiger partial charge in [0, 0.05) is 18.8 Å². The molecule has 1 aliphatic heterocycles. The Kier molecular flexibility index (Phi) is 3.55. The van der Waals surface area contributed by atoms with Gasteiger partial charge < -0.3 is 5.73 Å². The fraction of sp³-hybridized carbons (Fsp3) is 0.625. The van der Waals surface area contributed by atoms with Gasteiger partial charge in [-0.2, -0.15) is 0 Å². The number of nitrogen functional groups attached to an aromatic ring is 1. The number of nitrogens with two attached hydrogens (primary N) is 1. The van der Waals surface area contributed by atoms with Crippen molar-refractivity contribution in [3.8, 4) is 0 Å². The predicted molar refractivity (Wildman–Crippen MR) is 76.2 cm³/mol. The fourth-order valence-corrected chi connectivity index (χ4v) is 3.74. The summed E-state index contributed by atoms with van der Waals surface area (Å²) in [5.74, 6) is 1.97. The lowest BCUT2D eigenvalue weighted by atomic mass is 9.75. The molecule has 18 heavy (non-hydrogen) atoms. The first-order valence-electron chi connectivity index (χ1n) is 7.38. The van der Waals surface area contributed by atoms with E-state index in [1.165, 1.54) is 50.8 Å². The molecule has 2 heteroatoms. The molecule has 1 aliphatic carbocycles. The Morgan fingerprint density at radius 1 is 1.06 bits per heavy atom. The van der Waals surface area contributed by atoms with Crippen molar-refractivity contribution < 1.29 is 0 Å². The van der Waals surface area contributed by atoms with Crippen LogP contribution in [0.2, 0.25) is 0 Å². The zero-order valence-electron chi connectivity index (χ0n) is 11.1. The van der Waals surface area contributed by atoms with E-state index >= 15 is 0 Å². The maximum atomic E-state index is 6.04. The van der Waals surface area contributed by atoms with E-state index in [1.54, 1.807) is 0 Å². The van der Waals surface area contributed by atoms with Gasteiger partial charge in [-0.3, -0.25) is 4.90 Å². The third-order valence-electron chi connectivity index (χ3n) is 4.82. The van der Waals surface area contributed by atoms with Gasteiger partial charge in [0.15, 0.2) is 0 Å². The van der Waals surface area contributed by atoms with E-state index in [4.69, 9.17) is 5.73 Å². The molecule has 0 spiro atoms. The molecule has 1 aromatic carbocycles. The minimum atomic E-state index is 0.947. The van der Waals surface area contributed by atoms with Crippen molar-refractivity contribution in [3.63, 3.8) is 0 Å². The zero-order valence-corrected chi connectivity index (χ0v) is 11.1. The molecule has 0 bridgehead atoms. The summed E-state index contributed by atoms with van der Waals surface area (Å²) in [6.45, 7) is 3.59. The van der Waals surface area contributed by atoms with Crippen LogP contribution in [-0.4, -0.2) is 18.0 Å². The number of para-hydroxylation sites is 1. The van der Waals surface area contributed by atoms with E-state index in [-0.39, 0.29) is 0 Å². The Morgan fingerprint density at radius 3 is 2.67 bits per heavy atom. The number of hydrogen-bond donors (Lipinski definition) is 1. The lowest BCUT2D eigenvalue weighted by Gasteiger charge is -2.41. The molecule has 2 aliphatic rings. The lowest BCUT2D eigenvalue weighted by molar-refractivity contribution is 0.0822. The molecular weight excluding hydrogens is 220 g/mol. The van der Waals surface area contributed by atoms with Crippen molar-refractivity contribution in [1.82, 2.24) is 4.90 Å². The van der Waals surface area contributed by atoms with Gasteiger partial charge in [0.25, 0.3) is 0 Å². The molecule has 98 valence electrons. The summed E-state index contributed by atoms with van der Waals surface area (Å²) < 4.78 is 0. The largest absolute Gasteiger partial charge is 0.398 e. The van der Waals surface area contributed by atoms with Gasteiger partial charge in [0.1, 0.15) is 0 Å². The van der Waals surface area contributed by atoms with E-state index in [9.17, 15) is 0 Å². The van der Waals surface area contributed by atoms with Gasteiger partial charge in [-0.05, 0) is 42.9 Å². The molecule has 3 rings (SSSR count). The molecule has 1 aromatic rings. The predicted octanol–water partition coefficient (Wildman–Crippen LogP) is 3.28. The molecule has 0 aromatic heterocycles. The van der Waals surface area contributed by atoms with Crippen molar-refractivity contribution >= 4 is 5.69 Å². The molecule has 2 N–H and O–H groups in total. The molecule has 1 saturated carbocycles. The van der Waals surface area contributed by atoms with Gasteiger partial charge >= 0.3 is 0 Å². The summed E-state index contributed by atoms with van der Waals surface area (Å²) in [6.07, 6.45) is 7.24. The van der Waals surface area contributed by atoms with Gasteiger partial charge in [-0.1, -0.05) is 37.5 Å². The highest BCUT2D eigenvalue weighted by molar-refractivity contribution is 5.46. The standard InChI is InChI=1S/C16H24N2/c17-16-8-4-3-7-15(16)12-18-10-9-13-5-1-2-6-14(13)11-18/h3-4,7-8,13-14H,1-2,5-6,9-12,17H2. The number of piperidine rings is 1. The van der Waals surface area contributed by atoms with Crippen molar-refractivity contribution in [2.45, 2.75) is 38.6 Å². The normalized spacial score (nSPS) is 28.9. The van der Waals surface area contributed by atoms with Crippen molar-refractivity contribution in [3.05, 3.63) is 29.8 Å². The Bertz CT molecular complexity index is 402. The molecule has 0 amide bonds. The molecule has 2 unspecified atom stereocenters. The second-order valence-electron chi connectivity index (χ2n) is 6.03. The maximum Gasteiger partial charge on any atom is 0.0359 e. The molecule has 0 radical (unpaired) electrons. The molecule has 2 atom stereocenters. The van der Waals surface area contributed by atoms with E-state index in [1.807, 2.05) is 12.1 Å². The van der Waals surface area contributed by atoms with Crippen LogP contribution in [0.5, 0.6) is 0 Å². The molecule has 2 fully saturated rings. The number of hydrogen-bond acceptors (Lipinski definition) is 2. The third kappa shape index (κ3) is 2.54. The number of nitrogens with zero attached hydrogens (tertiary/aromatic N) is 1. The van der Waals surface area contributed by atoms with Crippen LogP contribution in [0.3, 0.4) is 0 Å².